The highest BCUT2D eigenvalue weighted by Crippen LogP contribution is 2.32. The Hall–Kier alpha value is -4.53. The van der Waals surface area contributed by atoms with Gasteiger partial charge in [0.2, 0.25) is 0 Å². The van der Waals surface area contributed by atoms with Crippen LogP contribution in [0.3, 0.4) is 0 Å². The monoisotopic (exact) mass is 546 g/mol. The molecule has 0 saturated carbocycles. The van der Waals surface area contributed by atoms with E-state index in [0.717, 1.165) is 43.9 Å². The zero-order valence-electron chi connectivity index (χ0n) is 23.4. The van der Waals surface area contributed by atoms with Crippen molar-refractivity contribution in [2.75, 3.05) is 6.61 Å². The van der Waals surface area contributed by atoms with Crippen LogP contribution in [0.15, 0.2) is 74.8 Å². The predicted octanol–water partition coefficient (Wildman–Crippen LogP) is 5.15. The molecule has 0 radical (unpaired) electrons. The first-order valence-electron chi connectivity index (χ1n) is 13.0. The third kappa shape index (κ3) is 7.53. The number of nitrogens with one attached hydrogen (secondary N) is 1. The molecule has 3 aromatic carbocycles. The van der Waals surface area contributed by atoms with Crippen LogP contribution in [0.4, 0.5) is 0 Å². The minimum atomic E-state index is -0.779. The van der Waals surface area contributed by atoms with Gasteiger partial charge in [-0.2, -0.15) is 0 Å². The van der Waals surface area contributed by atoms with Crippen molar-refractivity contribution in [1.29, 1.82) is 0 Å². The first kappa shape index (κ1) is 28.5. The van der Waals surface area contributed by atoms with Crippen molar-refractivity contribution in [2.45, 2.75) is 59.8 Å². The Kier molecular flexibility index (Phi) is 8.62. The molecule has 0 saturated heterocycles. The summed E-state index contributed by atoms with van der Waals surface area (Å²) in [6.07, 6.45) is 0.586. The maximum atomic E-state index is 11.6. The molecule has 0 unspecified atom stereocenters. The SMILES string of the molecule is CC(=O)OC(C)(C)CCOc1cc(C)c(-c2cccc(COc3ccc(Cn4oc(=O)[nH]c4=O)cc3)c2)c(C)c1. The first-order valence-corrected chi connectivity index (χ1v) is 13.0. The van der Waals surface area contributed by atoms with Crippen LogP contribution >= 0.6 is 0 Å². The molecule has 0 aliphatic heterocycles. The van der Waals surface area contributed by atoms with Gasteiger partial charge in [-0.05, 0) is 91.4 Å². The molecular formula is C31H34N2O7. The fourth-order valence-corrected chi connectivity index (χ4v) is 4.58. The number of aryl methyl sites for hydroxylation is 2. The van der Waals surface area contributed by atoms with Crippen molar-refractivity contribution >= 4 is 5.97 Å². The zero-order valence-corrected chi connectivity index (χ0v) is 23.4. The van der Waals surface area contributed by atoms with Gasteiger partial charge in [-0.3, -0.25) is 4.79 Å². The Morgan fingerprint density at radius 1 is 0.925 bits per heavy atom. The smallest absolute Gasteiger partial charge is 0.440 e. The van der Waals surface area contributed by atoms with Crippen LogP contribution in [0.5, 0.6) is 11.5 Å². The third-order valence-electron chi connectivity index (χ3n) is 6.40. The molecule has 40 heavy (non-hydrogen) atoms. The summed E-state index contributed by atoms with van der Waals surface area (Å²) in [5, 5.41) is 0. The highest BCUT2D eigenvalue weighted by molar-refractivity contribution is 5.72. The second-order valence-electron chi connectivity index (χ2n) is 10.4. The average Bonchev–Trinajstić information content (AvgIpc) is 3.18. The molecule has 0 aliphatic rings. The van der Waals surface area contributed by atoms with Gasteiger partial charge in [-0.15, -0.1) is 4.74 Å². The van der Waals surface area contributed by atoms with Crippen molar-refractivity contribution in [3.63, 3.8) is 0 Å². The van der Waals surface area contributed by atoms with Gasteiger partial charge in [-0.25, -0.2) is 14.6 Å². The number of rotatable bonds is 11. The molecule has 4 aromatic rings. The normalized spacial score (nSPS) is 11.3. The average molecular weight is 547 g/mol. The molecule has 210 valence electrons. The lowest BCUT2D eigenvalue weighted by Crippen LogP contribution is -2.29. The van der Waals surface area contributed by atoms with Crippen molar-refractivity contribution < 1.29 is 23.5 Å². The van der Waals surface area contributed by atoms with E-state index >= 15 is 0 Å². The van der Waals surface area contributed by atoms with E-state index < -0.39 is 17.0 Å². The van der Waals surface area contributed by atoms with Crippen LogP contribution in [-0.4, -0.2) is 27.9 Å². The van der Waals surface area contributed by atoms with Crippen molar-refractivity contribution in [1.82, 2.24) is 9.72 Å². The number of hydrogen-bond donors (Lipinski definition) is 1. The van der Waals surface area contributed by atoms with E-state index in [1.807, 2.05) is 62.4 Å². The van der Waals surface area contributed by atoms with Crippen molar-refractivity contribution in [2.24, 2.45) is 0 Å². The minimum absolute atomic E-state index is 0.148. The molecule has 4 rings (SSSR count). The van der Waals surface area contributed by atoms with Crippen LogP contribution in [0.1, 0.15) is 49.4 Å². The number of hydrogen-bond acceptors (Lipinski definition) is 7. The van der Waals surface area contributed by atoms with E-state index in [1.165, 1.54) is 6.92 Å². The van der Waals surface area contributed by atoms with Gasteiger partial charge in [-0.1, -0.05) is 30.3 Å². The molecule has 0 fully saturated rings. The largest absolute Gasteiger partial charge is 0.493 e. The van der Waals surface area contributed by atoms with Gasteiger partial charge >= 0.3 is 17.4 Å². The van der Waals surface area contributed by atoms with Crippen LogP contribution < -0.4 is 20.9 Å². The Morgan fingerprint density at radius 2 is 1.62 bits per heavy atom. The fourth-order valence-electron chi connectivity index (χ4n) is 4.58. The summed E-state index contributed by atoms with van der Waals surface area (Å²) in [5.41, 5.74) is 5.08. The number of aromatic amines is 1. The van der Waals surface area contributed by atoms with E-state index in [1.54, 1.807) is 0 Å². The summed E-state index contributed by atoms with van der Waals surface area (Å²) in [6, 6.07) is 19.5. The van der Waals surface area contributed by atoms with Gasteiger partial charge in [0.25, 0.3) is 0 Å². The first-order chi connectivity index (χ1) is 19.0. The number of H-pyrrole nitrogens is 1. The molecule has 0 amide bonds. The topological polar surface area (TPSA) is 113 Å². The Morgan fingerprint density at radius 3 is 2.25 bits per heavy atom. The lowest BCUT2D eigenvalue weighted by atomic mass is 9.94. The molecular weight excluding hydrogens is 512 g/mol. The standard InChI is InChI=1S/C31H34N2O7/c1-20-15-27(37-14-13-31(4,5)39-22(3)34)16-21(2)28(20)25-8-6-7-24(17-25)19-38-26-11-9-23(10-12-26)18-33-29(35)32-30(36)40-33/h6-12,15-17H,13-14,18-19H2,1-5H3,(H,32,35,36). The number of benzene rings is 3. The van der Waals surface area contributed by atoms with Gasteiger partial charge < -0.3 is 18.7 Å². The number of ether oxygens (including phenoxy) is 3. The molecule has 9 heteroatoms. The zero-order chi connectivity index (χ0) is 28.9. The summed E-state index contributed by atoms with van der Waals surface area (Å²) >= 11 is 0. The number of carbonyl (C=O) groups excluding carboxylic acids is 1. The summed E-state index contributed by atoms with van der Waals surface area (Å²) in [7, 11) is 0. The Balaban J connectivity index is 1.38. The van der Waals surface area contributed by atoms with Crippen molar-refractivity contribution in [3.05, 3.63) is 104 Å². The second kappa shape index (κ2) is 12.1. The molecule has 1 heterocycles. The van der Waals surface area contributed by atoms with Crippen LogP contribution in [-0.2, 0) is 22.7 Å². The molecule has 0 bridgehead atoms. The second-order valence-corrected chi connectivity index (χ2v) is 10.4. The molecule has 9 nitrogen and oxygen atoms in total. The highest BCUT2D eigenvalue weighted by Gasteiger charge is 2.21. The molecule has 1 aromatic heterocycles. The predicted molar refractivity (Wildman–Crippen MR) is 151 cm³/mol. The lowest BCUT2D eigenvalue weighted by Gasteiger charge is -2.24. The van der Waals surface area contributed by atoms with E-state index in [0.29, 0.717) is 25.4 Å². The fraction of sp³-hybridized carbons (Fsp3) is 0.323. The lowest BCUT2D eigenvalue weighted by molar-refractivity contribution is -0.154. The van der Waals surface area contributed by atoms with Gasteiger partial charge in [0.15, 0.2) is 0 Å². The van der Waals surface area contributed by atoms with Crippen LogP contribution in [0.2, 0.25) is 0 Å². The Labute approximate surface area is 232 Å². The number of esters is 1. The maximum absolute atomic E-state index is 11.6. The molecule has 0 aliphatic carbocycles. The highest BCUT2D eigenvalue weighted by atomic mass is 16.6. The molecule has 1 N–H and O–H groups in total. The quantitative estimate of drug-likeness (QED) is 0.259. The van der Waals surface area contributed by atoms with Gasteiger partial charge in [0, 0.05) is 13.3 Å². The van der Waals surface area contributed by atoms with E-state index in [9.17, 15) is 14.4 Å². The molecule has 0 spiro atoms. The van der Waals surface area contributed by atoms with Crippen LogP contribution in [0.25, 0.3) is 11.1 Å². The molecule has 0 atom stereocenters. The number of aromatic nitrogens is 2. The van der Waals surface area contributed by atoms with Gasteiger partial charge in [0.05, 0.1) is 13.2 Å². The van der Waals surface area contributed by atoms with Crippen molar-refractivity contribution in [3.8, 4) is 22.6 Å². The Bertz CT molecular complexity index is 1570. The van der Waals surface area contributed by atoms with Gasteiger partial charge in [0.1, 0.15) is 23.7 Å². The van der Waals surface area contributed by atoms with Crippen LogP contribution in [0, 0.1) is 13.8 Å². The summed E-state index contributed by atoms with van der Waals surface area (Å²) in [4.78, 5) is 36.1. The minimum Gasteiger partial charge on any atom is -0.493 e. The third-order valence-corrected chi connectivity index (χ3v) is 6.40. The number of nitrogens with zero attached hydrogens (tertiary/aromatic N) is 1. The maximum Gasteiger partial charge on any atom is 0.440 e. The summed E-state index contributed by atoms with van der Waals surface area (Å²) < 4.78 is 23.1. The van der Waals surface area contributed by atoms with E-state index in [4.69, 9.17) is 18.7 Å². The summed E-state index contributed by atoms with van der Waals surface area (Å²) in [6.45, 7) is 10.3. The summed E-state index contributed by atoms with van der Waals surface area (Å²) in [5.74, 6) is 0.386. The number of carbonyl (C=O) groups is 1. The van der Waals surface area contributed by atoms with E-state index in [2.05, 4.69) is 31.0 Å². The van der Waals surface area contributed by atoms with E-state index in [-0.39, 0.29) is 12.5 Å².